The number of rotatable bonds is 6. The van der Waals surface area contributed by atoms with Crippen LogP contribution in [-0.4, -0.2) is 43.6 Å². The van der Waals surface area contributed by atoms with E-state index in [4.69, 9.17) is 4.74 Å². The number of methoxy groups -OCH3 is 1. The molecule has 0 bridgehead atoms. The van der Waals surface area contributed by atoms with E-state index in [2.05, 4.69) is 0 Å². The van der Waals surface area contributed by atoms with Crippen molar-refractivity contribution < 1.29 is 22.7 Å². The van der Waals surface area contributed by atoms with Crippen LogP contribution in [0.3, 0.4) is 0 Å². The van der Waals surface area contributed by atoms with Gasteiger partial charge in [-0.3, -0.25) is 9.69 Å². The van der Waals surface area contributed by atoms with E-state index in [0.717, 1.165) is 4.90 Å². The summed E-state index contributed by atoms with van der Waals surface area (Å²) in [6.45, 7) is 0.433. The summed E-state index contributed by atoms with van der Waals surface area (Å²) in [5, 5.41) is 0. The highest BCUT2D eigenvalue weighted by Gasteiger charge is 2.30. The van der Waals surface area contributed by atoms with Crippen LogP contribution in [0.25, 0.3) is 0 Å². The third-order valence-electron chi connectivity index (χ3n) is 2.63. The number of halogens is 3. The number of alkyl halides is 3. The molecule has 0 unspecified atom stereocenters. The third kappa shape index (κ3) is 5.30. The van der Waals surface area contributed by atoms with Crippen molar-refractivity contribution in [2.75, 3.05) is 26.7 Å². The number of likely N-dealkylation sites (N-methyl/N-ethyl adjacent to an activating group) is 1. The Balaban J connectivity index is 2.66. The maximum Gasteiger partial charge on any atom is 0.401 e. The minimum atomic E-state index is -4.30. The maximum atomic E-state index is 12.3. The highest BCUT2D eigenvalue weighted by atomic mass is 19.4. The number of carbonyl (C=O) groups excluding carboxylic acids is 1. The lowest BCUT2D eigenvalue weighted by Crippen LogP contribution is -2.37. The number of carbonyl (C=O) groups is 1. The van der Waals surface area contributed by atoms with Gasteiger partial charge >= 0.3 is 6.18 Å². The summed E-state index contributed by atoms with van der Waals surface area (Å²) < 4.78 is 41.8. The molecule has 1 rings (SSSR count). The van der Waals surface area contributed by atoms with E-state index in [1.165, 1.54) is 7.11 Å². The first-order valence-corrected chi connectivity index (χ1v) is 5.82. The number of hydrogen-bond acceptors (Lipinski definition) is 3. The molecule has 0 saturated heterocycles. The summed E-state index contributed by atoms with van der Waals surface area (Å²) in [5.74, 6) is 0.257. The second-order valence-electron chi connectivity index (χ2n) is 4.07. The summed E-state index contributed by atoms with van der Waals surface area (Å²) in [6, 6.07) is 6.30. The van der Waals surface area contributed by atoms with E-state index >= 15 is 0 Å². The lowest BCUT2D eigenvalue weighted by molar-refractivity contribution is -0.144. The van der Waals surface area contributed by atoms with Gasteiger partial charge in [-0.05, 0) is 30.8 Å². The molecule has 1 aromatic rings. The molecule has 0 fully saturated rings. The Labute approximate surface area is 110 Å². The molecule has 6 heteroatoms. The van der Waals surface area contributed by atoms with Crippen molar-refractivity contribution in [3.05, 3.63) is 29.8 Å². The van der Waals surface area contributed by atoms with Crippen molar-refractivity contribution in [3.8, 4) is 5.75 Å². The smallest absolute Gasteiger partial charge is 0.401 e. The van der Waals surface area contributed by atoms with Crippen LogP contribution < -0.4 is 4.74 Å². The molecule has 0 radical (unpaired) electrons. The van der Waals surface area contributed by atoms with Gasteiger partial charge in [0.1, 0.15) is 5.75 Å². The zero-order valence-electron chi connectivity index (χ0n) is 10.8. The molecule has 0 aliphatic carbocycles. The van der Waals surface area contributed by atoms with Crippen LogP contribution in [0.4, 0.5) is 13.2 Å². The second kappa shape index (κ2) is 6.56. The standard InChI is InChI=1S/C13H16F3NO2/c1-3-17(9-13(14,15)16)8-12(18)10-4-6-11(19-2)7-5-10/h4-7H,3,8-9H2,1-2H3. The largest absolute Gasteiger partial charge is 0.497 e. The van der Waals surface area contributed by atoms with E-state index in [9.17, 15) is 18.0 Å². The van der Waals surface area contributed by atoms with Crippen LogP contribution in [0.1, 0.15) is 17.3 Å². The Kier molecular flexibility index (Phi) is 5.35. The summed E-state index contributed by atoms with van der Waals surface area (Å²) in [4.78, 5) is 12.9. The molecule has 0 N–H and O–H groups in total. The Bertz CT molecular complexity index is 415. The highest BCUT2D eigenvalue weighted by molar-refractivity contribution is 5.97. The molecule has 0 amide bonds. The van der Waals surface area contributed by atoms with Crippen molar-refractivity contribution in [2.45, 2.75) is 13.1 Å². The molecule has 0 spiro atoms. The second-order valence-corrected chi connectivity index (χ2v) is 4.07. The number of benzene rings is 1. The molecule has 0 aromatic heterocycles. The van der Waals surface area contributed by atoms with Crippen molar-refractivity contribution in [2.24, 2.45) is 0 Å². The van der Waals surface area contributed by atoms with Crippen molar-refractivity contribution in [3.63, 3.8) is 0 Å². The predicted molar refractivity (Wildman–Crippen MR) is 65.5 cm³/mol. The molecule has 106 valence electrons. The normalized spacial score (nSPS) is 11.7. The van der Waals surface area contributed by atoms with E-state index < -0.39 is 12.7 Å². The number of ketones is 1. The molecule has 0 aliphatic rings. The van der Waals surface area contributed by atoms with Gasteiger partial charge in [-0.15, -0.1) is 0 Å². The Hall–Kier alpha value is -1.56. The topological polar surface area (TPSA) is 29.5 Å². The quantitative estimate of drug-likeness (QED) is 0.748. The number of Topliss-reactive ketones (excluding diaryl/α,β-unsaturated/α-hetero) is 1. The van der Waals surface area contributed by atoms with Crippen molar-refractivity contribution in [1.82, 2.24) is 4.90 Å². The number of hydrogen-bond donors (Lipinski definition) is 0. The van der Waals surface area contributed by atoms with Crippen LogP contribution in [0.2, 0.25) is 0 Å². The SMILES string of the molecule is CCN(CC(=O)c1ccc(OC)cc1)CC(F)(F)F. The fourth-order valence-electron chi connectivity index (χ4n) is 1.60. The zero-order valence-corrected chi connectivity index (χ0v) is 10.8. The maximum absolute atomic E-state index is 12.3. The number of ether oxygens (including phenoxy) is 1. The molecule has 0 saturated carbocycles. The van der Waals surface area contributed by atoms with Crippen LogP contribution in [0, 0.1) is 0 Å². The molecule has 0 heterocycles. The van der Waals surface area contributed by atoms with Gasteiger partial charge in [0, 0.05) is 5.56 Å². The van der Waals surface area contributed by atoms with E-state index in [-0.39, 0.29) is 18.9 Å². The Morgan fingerprint density at radius 3 is 2.26 bits per heavy atom. The average Bonchev–Trinajstić information content (AvgIpc) is 2.36. The fraction of sp³-hybridized carbons (Fsp3) is 0.462. The van der Waals surface area contributed by atoms with Gasteiger partial charge in [-0.25, -0.2) is 0 Å². The average molecular weight is 275 g/mol. The van der Waals surface area contributed by atoms with Crippen LogP contribution in [-0.2, 0) is 0 Å². The lowest BCUT2D eigenvalue weighted by Gasteiger charge is -2.21. The summed E-state index contributed by atoms with van der Waals surface area (Å²) in [6.07, 6.45) is -4.30. The van der Waals surface area contributed by atoms with Gasteiger partial charge in [0.25, 0.3) is 0 Å². The van der Waals surface area contributed by atoms with Gasteiger partial charge in [-0.1, -0.05) is 6.92 Å². The third-order valence-corrected chi connectivity index (χ3v) is 2.63. The molecule has 3 nitrogen and oxygen atoms in total. The minimum absolute atomic E-state index is 0.168. The van der Waals surface area contributed by atoms with Crippen molar-refractivity contribution in [1.29, 1.82) is 0 Å². The summed E-state index contributed by atoms with van der Waals surface area (Å²) in [7, 11) is 1.50. The van der Waals surface area contributed by atoms with Gasteiger partial charge in [0.05, 0.1) is 20.2 Å². The molecule has 0 atom stereocenters. The van der Waals surface area contributed by atoms with E-state index in [1.54, 1.807) is 31.2 Å². The minimum Gasteiger partial charge on any atom is -0.497 e. The molecule has 1 aromatic carbocycles. The van der Waals surface area contributed by atoms with Gasteiger partial charge in [0.2, 0.25) is 0 Å². The molecular weight excluding hydrogens is 259 g/mol. The first kappa shape index (κ1) is 15.5. The van der Waals surface area contributed by atoms with Crippen LogP contribution in [0.15, 0.2) is 24.3 Å². The first-order valence-electron chi connectivity index (χ1n) is 5.82. The number of nitrogens with zero attached hydrogens (tertiary/aromatic N) is 1. The lowest BCUT2D eigenvalue weighted by atomic mass is 10.1. The predicted octanol–water partition coefficient (Wildman–Crippen LogP) is 2.76. The molecule has 19 heavy (non-hydrogen) atoms. The summed E-state index contributed by atoms with van der Waals surface area (Å²) in [5.41, 5.74) is 0.376. The Morgan fingerprint density at radius 2 is 1.84 bits per heavy atom. The molecular formula is C13H16F3NO2. The van der Waals surface area contributed by atoms with Gasteiger partial charge in [0.15, 0.2) is 5.78 Å². The fourth-order valence-corrected chi connectivity index (χ4v) is 1.60. The van der Waals surface area contributed by atoms with Crippen molar-refractivity contribution >= 4 is 5.78 Å². The first-order chi connectivity index (χ1) is 8.85. The van der Waals surface area contributed by atoms with E-state index in [1.807, 2.05) is 0 Å². The monoisotopic (exact) mass is 275 g/mol. The molecule has 0 aliphatic heterocycles. The van der Waals surface area contributed by atoms with E-state index in [0.29, 0.717) is 11.3 Å². The van der Waals surface area contributed by atoms with Crippen LogP contribution >= 0.6 is 0 Å². The van der Waals surface area contributed by atoms with Crippen LogP contribution in [0.5, 0.6) is 5.75 Å². The highest BCUT2D eigenvalue weighted by Crippen LogP contribution is 2.17. The Morgan fingerprint density at radius 1 is 1.26 bits per heavy atom. The van der Waals surface area contributed by atoms with Gasteiger partial charge < -0.3 is 4.74 Å². The summed E-state index contributed by atoms with van der Waals surface area (Å²) >= 11 is 0. The zero-order chi connectivity index (χ0) is 14.5. The van der Waals surface area contributed by atoms with Gasteiger partial charge in [-0.2, -0.15) is 13.2 Å².